The van der Waals surface area contributed by atoms with E-state index in [4.69, 9.17) is 4.74 Å². The van der Waals surface area contributed by atoms with Crippen LogP contribution in [-0.2, 0) is 9.53 Å². The van der Waals surface area contributed by atoms with E-state index in [2.05, 4.69) is 42.7 Å². The Morgan fingerprint density at radius 1 is 0.543 bits per heavy atom. The summed E-state index contributed by atoms with van der Waals surface area (Å²) in [6.07, 6.45) is 27.6. The van der Waals surface area contributed by atoms with Crippen molar-refractivity contribution in [3.63, 3.8) is 0 Å². The van der Waals surface area contributed by atoms with Crippen LogP contribution >= 0.6 is 0 Å². The molecule has 0 radical (unpaired) electrons. The molecule has 252 valence electrons. The molecule has 0 bridgehead atoms. The lowest BCUT2D eigenvalue weighted by atomic mass is 9.69. The average Bonchev–Trinajstić information content (AvgIpc) is 3.11. The third-order valence-electron chi connectivity index (χ3n) is 11.9. The highest BCUT2D eigenvalue weighted by molar-refractivity contribution is 5.73. The van der Waals surface area contributed by atoms with E-state index in [-0.39, 0.29) is 29.6 Å². The number of unbranched alkanes of at least 4 members (excludes halogenated alkanes) is 8. The van der Waals surface area contributed by atoms with Crippen molar-refractivity contribution in [2.24, 2.45) is 53.3 Å². The minimum absolute atomic E-state index is 0.0508. The van der Waals surface area contributed by atoms with Crippen molar-refractivity contribution in [2.45, 2.75) is 161 Å². The number of nitrogens with zero attached hydrogens (tertiary/aromatic N) is 2. The molecule has 46 heavy (non-hydrogen) atoms. The van der Waals surface area contributed by atoms with Crippen LogP contribution in [0.5, 0.6) is 0 Å². The first-order valence-electron chi connectivity index (χ1n) is 19.6. The van der Waals surface area contributed by atoms with Crippen LogP contribution in [0.15, 0.2) is 0 Å². The van der Waals surface area contributed by atoms with E-state index in [1.807, 2.05) is 0 Å². The summed E-state index contributed by atoms with van der Waals surface area (Å²) in [6, 6.07) is 4.91. The molecule has 0 aromatic rings. The van der Waals surface area contributed by atoms with Gasteiger partial charge in [-0.25, -0.2) is 0 Å². The molecular formula is C42H62N2O2. The number of hydrogen-bond donors (Lipinski definition) is 0. The van der Waals surface area contributed by atoms with Crippen LogP contribution in [0.1, 0.15) is 161 Å². The highest BCUT2D eigenvalue weighted by Crippen LogP contribution is 2.41. The van der Waals surface area contributed by atoms with Gasteiger partial charge in [0.1, 0.15) is 0 Å². The van der Waals surface area contributed by atoms with Gasteiger partial charge in [0.15, 0.2) is 0 Å². The lowest BCUT2D eigenvalue weighted by Crippen LogP contribution is -2.32. The van der Waals surface area contributed by atoms with E-state index < -0.39 is 0 Å². The van der Waals surface area contributed by atoms with Gasteiger partial charge in [0.05, 0.1) is 24.7 Å². The second kappa shape index (κ2) is 20.7. The minimum Gasteiger partial charge on any atom is -0.465 e. The maximum Gasteiger partial charge on any atom is 0.310 e. The van der Waals surface area contributed by atoms with Gasteiger partial charge in [-0.15, -0.1) is 0 Å². The van der Waals surface area contributed by atoms with Crippen LogP contribution in [0.4, 0.5) is 0 Å². The first kappa shape index (κ1) is 36.4. The summed E-state index contributed by atoms with van der Waals surface area (Å²) in [4.78, 5) is 13.5. The van der Waals surface area contributed by atoms with Crippen LogP contribution < -0.4 is 0 Å². The summed E-state index contributed by atoms with van der Waals surface area (Å²) < 4.78 is 5.91. The molecule has 4 aliphatic carbocycles. The largest absolute Gasteiger partial charge is 0.465 e. The van der Waals surface area contributed by atoms with E-state index in [0.29, 0.717) is 24.4 Å². The zero-order valence-corrected chi connectivity index (χ0v) is 29.1. The number of rotatable bonds is 12. The quantitative estimate of drug-likeness (QED) is 0.123. The number of carbonyl (C=O) groups is 1. The Kier molecular flexibility index (Phi) is 16.4. The Bertz CT molecular complexity index is 1100. The molecule has 4 heteroatoms. The fourth-order valence-electron chi connectivity index (χ4n) is 8.71. The average molecular weight is 627 g/mol. The van der Waals surface area contributed by atoms with Crippen LogP contribution in [0.2, 0.25) is 0 Å². The van der Waals surface area contributed by atoms with Gasteiger partial charge in [0.2, 0.25) is 0 Å². The molecule has 0 heterocycles. The molecule has 3 atom stereocenters. The predicted octanol–water partition coefficient (Wildman–Crippen LogP) is 10.6. The van der Waals surface area contributed by atoms with Crippen molar-refractivity contribution < 1.29 is 9.53 Å². The van der Waals surface area contributed by atoms with Gasteiger partial charge < -0.3 is 4.74 Å². The second-order valence-electron chi connectivity index (χ2n) is 15.3. The zero-order chi connectivity index (χ0) is 32.4. The molecule has 0 aromatic heterocycles. The van der Waals surface area contributed by atoms with Gasteiger partial charge in [-0.05, 0) is 115 Å². The summed E-state index contributed by atoms with van der Waals surface area (Å²) >= 11 is 0. The third-order valence-corrected chi connectivity index (χ3v) is 11.9. The number of ether oxygens (including phenoxy) is 1. The van der Waals surface area contributed by atoms with Gasteiger partial charge in [0, 0.05) is 35.5 Å². The molecule has 0 aliphatic heterocycles. The second-order valence-corrected chi connectivity index (χ2v) is 15.3. The fraction of sp³-hybridized carbons (Fsp3) is 0.833. The highest BCUT2D eigenvalue weighted by atomic mass is 16.5. The maximum atomic E-state index is 13.5. The molecule has 0 spiro atoms. The summed E-state index contributed by atoms with van der Waals surface area (Å²) in [7, 11) is 0. The van der Waals surface area contributed by atoms with Crippen molar-refractivity contribution in [3.05, 3.63) is 0 Å². The van der Waals surface area contributed by atoms with E-state index in [0.717, 1.165) is 82.5 Å². The summed E-state index contributed by atoms with van der Waals surface area (Å²) in [5, 5.41) is 18.5. The molecule has 4 saturated carbocycles. The third kappa shape index (κ3) is 12.3. The van der Waals surface area contributed by atoms with E-state index in [9.17, 15) is 15.3 Å². The first-order valence-corrected chi connectivity index (χ1v) is 19.6. The molecule has 4 fully saturated rings. The van der Waals surface area contributed by atoms with Crippen molar-refractivity contribution in [3.8, 4) is 35.8 Å². The molecule has 0 N–H and O–H groups in total. The number of nitriles is 2. The van der Waals surface area contributed by atoms with E-state index in [1.165, 1.54) is 83.5 Å². The summed E-state index contributed by atoms with van der Waals surface area (Å²) in [6.45, 7) is 2.79. The molecular weight excluding hydrogens is 564 g/mol. The number of esters is 1. The van der Waals surface area contributed by atoms with Crippen molar-refractivity contribution in [2.75, 3.05) is 6.61 Å². The standard InChI is InChI=1S/C42H62N2O2/c1-2-3-4-5-6-7-8-9-10-29-46-42(45)41-30-35(20-28-40(41)27-19-33-12-15-36(31-43)16-13-33)14-11-34-17-23-38(24-18-34)39-25-21-37(32-44)22-26-39/h33-41H,2-10,12-13,15-18,20-26,28-30H2,1H3. The van der Waals surface area contributed by atoms with Gasteiger partial charge >= 0.3 is 5.97 Å². The maximum absolute atomic E-state index is 13.5. The van der Waals surface area contributed by atoms with E-state index in [1.54, 1.807) is 0 Å². The Morgan fingerprint density at radius 2 is 0.978 bits per heavy atom. The molecule has 0 aromatic carbocycles. The summed E-state index contributed by atoms with van der Waals surface area (Å²) in [5.74, 6) is 17.5. The van der Waals surface area contributed by atoms with Gasteiger partial charge in [-0.2, -0.15) is 10.5 Å². The molecule has 4 aliphatic rings. The van der Waals surface area contributed by atoms with Gasteiger partial charge in [-0.3, -0.25) is 4.79 Å². The Labute approximate surface area is 282 Å². The Balaban J connectivity index is 1.24. The first-order chi connectivity index (χ1) is 22.6. The zero-order valence-electron chi connectivity index (χ0n) is 29.1. The molecule has 0 saturated heterocycles. The Hall–Kier alpha value is -2.43. The Morgan fingerprint density at radius 3 is 1.54 bits per heavy atom. The lowest BCUT2D eigenvalue weighted by Gasteiger charge is -2.35. The van der Waals surface area contributed by atoms with Gasteiger partial charge in [0.25, 0.3) is 0 Å². The molecule has 3 unspecified atom stereocenters. The van der Waals surface area contributed by atoms with Crippen LogP contribution in [0.3, 0.4) is 0 Å². The van der Waals surface area contributed by atoms with Crippen molar-refractivity contribution in [1.29, 1.82) is 10.5 Å². The molecule has 0 amide bonds. The van der Waals surface area contributed by atoms with Crippen molar-refractivity contribution >= 4 is 5.97 Å². The molecule has 4 rings (SSSR count). The topological polar surface area (TPSA) is 73.9 Å². The van der Waals surface area contributed by atoms with Crippen LogP contribution in [-0.4, -0.2) is 12.6 Å². The van der Waals surface area contributed by atoms with Crippen LogP contribution in [0.25, 0.3) is 0 Å². The summed E-state index contributed by atoms with van der Waals surface area (Å²) in [5.41, 5.74) is 0. The number of carbonyl (C=O) groups excluding carboxylic acids is 1. The molecule has 4 nitrogen and oxygen atoms in total. The SMILES string of the molecule is CCCCCCCCCCCOC(=O)C1CC(C#CC2CCC(C3CCC(C#N)CC3)CC2)CCC1C#CC1CCC(C#N)CC1. The lowest BCUT2D eigenvalue weighted by molar-refractivity contribution is -0.151. The van der Waals surface area contributed by atoms with Crippen molar-refractivity contribution in [1.82, 2.24) is 0 Å². The van der Waals surface area contributed by atoms with Gasteiger partial charge in [-0.1, -0.05) is 82.0 Å². The normalized spacial score (nSPS) is 32.8. The monoisotopic (exact) mass is 626 g/mol. The smallest absolute Gasteiger partial charge is 0.310 e. The minimum atomic E-state index is -0.172. The fourth-order valence-corrected chi connectivity index (χ4v) is 8.71. The van der Waals surface area contributed by atoms with E-state index >= 15 is 0 Å². The predicted molar refractivity (Wildman–Crippen MR) is 186 cm³/mol. The van der Waals surface area contributed by atoms with Crippen LogP contribution in [0, 0.1) is 99.6 Å². The number of hydrogen-bond acceptors (Lipinski definition) is 4. The highest BCUT2D eigenvalue weighted by Gasteiger charge is 2.36.